The molecule has 28 heavy (non-hydrogen) atoms. The van der Waals surface area contributed by atoms with Crippen LogP contribution in [0.15, 0.2) is 30.3 Å². The number of aryl methyl sites for hydroxylation is 1. The summed E-state index contributed by atoms with van der Waals surface area (Å²) < 4.78 is 19.4. The van der Waals surface area contributed by atoms with Gasteiger partial charge >= 0.3 is 6.09 Å². The topological polar surface area (TPSA) is 84.7 Å². The van der Waals surface area contributed by atoms with Crippen molar-refractivity contribution in [3.8, 4) is 11.3 Å². The van der Waals surface area contributed by atoms with Gasteiger partial charge in [0.15, 0.2) is 6.61 Å². The number of ether oxygens (including phenoxy) is 1. The summed E-state index contributed by atoms with van der Waals surface area (Å²) in [5.41, 5.74) is 1.74. The van der Waals surface area contributed by atoms with Crippen molar-refractivity contribution in [2.75, 3.05) is 19.7 Å². The summed E-state index contributed by atoms with van der Waals surface area (Å²) in [5, 5.41) is 4.36. The molecular formula is C19H19FN4O4. The second-order valence-corrected chi connectivity index (χ2v) is 6.89. The molecule has 2 aromatic rings. The van der Waals surface area contributed by atoms with Crippen molar-refractivity contribution in [2.45, 2.75) is 18.9 Å². The quantitative estimate of drug-likeness (QED) is 0.803. The molecule has 2 saturated heterocycles. The molecule has 8 nitrogen and oxygen atoms in total. The van der Waals surface area contributed by atoms with Crippen LogP contribution in [0.4, 0.5) is 9.18 Å². The second-order valence-electron chi connectivity index (χ2n) is 6.89. The van der Waals surface area contributed by atoms with E-state index >= 15 is 0 Å². The molecule has 3 amide bonds. The van der Waals surface area contributed by atoms with Gasteiger partial charge in [0.1, 0.15) is 11.5 Å². The standard InChI is InChI=1S/C19H19FN4O4/c1-22-16(10-15(21-22)12-2-4-13(20)5-3-12)18(26)23-8-6-14(7-9-23)24-17(25)11-28-19(24)27/h2-5,10,14H,6-9,11H2,1H3. The molecule has 2 fully saturated rings. The largest absolute Gasteiger partial charge is 0.439 e. The first-order chi connectivity index (χ1) is 13.4. The highest BCUT2D eigenvalue weighted by Gasteiger charge is 2.39. The van der Waals surface area contributed by atoms with Crippen molar-refractivity contribution < 1.29 is 23.5 Å². The van der Waals surface area contributed by atoms with Gasteiger partial charge in [-0.25, -0.2) is 14.1 Å². The van der Waals surface area contributed by atoms with Gasteiger partial charge in [-0.2, -0.15) is 5.10 Å². The zero-order valence-corrected chi connectivity index (χ0v) is 15.3. The Kier molecular flexibility index (Phi) is 4.58. The zero-order chi connectivity index (χ0) is 19.8. The van der Waals surface area contributed by atoms with E-state index in [4.69, 9.17) is 4.74 Å². The fraction of sp³-hybridized carbons (Fsp3) is 0.368. The highest BCUT2D eigenvalue weighted by molar-refractivity contribution is 5.98. The van der Waals surface area contributed by atoms with Crippen LogP contribution in [0.5, 0.6) is 0 Å². The highest BCUT2D eigenvalue weighted by Crippen LogP contribution is 2.24. The Morgan fingerprint density at radius 3 is 2.46 bits per heavy atom. The third kappa shape index (κ3) is 3.23. The van der Waals surface area contributed by atoms with E-state index in [9.17, 15) is 18.8 Å². The van der Waals surface area contributed by atoms with E-state index in [-0.39, 0.29) is 30.3 Å². The van der Waals surface area contributed by atoms with Crippen molar-refractivity contribution in [3.05, 3.63) is 41.8 Å². The molecule has 0 saturated carbocycles. The third-order valence-corrected chi connectivity index (χ3v) is 5.14. The third-order valence-electron chi connectivity index (χ3n) is 5.14. The Balaban J connectivity index is 1.45. The minimum atomic E-state index is -0.606. The Morgan fingerprint density at radius 2 is 1.86 bits per heavy atom. The van der Waals surface area contributed by atoms with Gasteiger partial charge in [-0.1, -0.05) is 0 Å². The maximum absolute atomic E-state index is 13.1. The van der Waals surface area contributed by atoms with Crippen molar-refractivity contribution >= 4 is 17.9 Å². The summed E-state index contributed by atoms with van der Waals surface area (Å²) >= 11 is 0. The van der Waals surface area contributed by atoms with E-state index in [1.54, 1.807) is 30.1 Å². The summed E-state index contributed by atoms with van der Waals surface area (Å²) in [6.45, 7) is 0.647. The minimum Gasteiger partial charge on any atom is -0.439 e. The van der Waals surface area contributed by atoms with E-state index in [0.29, 0.717) is 37.3 Å². The first-order valence-electron chi connectivity index (χ1n) is 9.02. The smallest absolute Gasteiger partial charge is 0.417 e. The van der Waals surface area contributed by atoms with E-state index in [0.717, 1.165) is 5.56 Å². The summed E-state index contributed by atoms with van der Waals surface area (Å²) in [4.78, 5) is 39.2. The van der Waals surface area contributed by atoms with Crippen LogP contribution in [0.3, 0.4) is 0 Å². The lowest BCUT2D eigenvalue weighted by Crippen LogP contribution is -2.48. The van der Waals surface area contributed by atoms with Gasteiger partial charge in [-0.3, -0.25) is 14.3 Å². The highest BCUT2D eigenvalue weighted by atomic mass is 19.1. The number of rotatable bonds is 3. The Bertz CT molecular complexity index is 916. The van der Waals surface area contributed by atoms with Crippen molar-refractivity contribution in [1.29, 1.82) is 0 Å². The molecule has 146 valence electrons. The van der Waals surface area contributed by atoms with E-state index in [2.05, 4.69) is 5.10 Å². The van der Waals surface area contributed by atoms with Gasteiger partial charge < -0.3 is 9.64 Å². The lowest BCUT2D eigenvalue weighted by atomic mass is 10.0. The van der Waals surface area contributed by atoms with Gasteiger partial charge in [-0.15, -0.1) is 0 Å². The maximum Gasteiger partial charge on any atom is 0.417 e. The van der Waals surface area contributed by atoms with Crippen LogP contribution in [0, 0.1) is 5.82 Å². The molecule has 1 aromatic heterocycles. The van der Waals surface area contributed by atoms with E-state index in [1.165, 1.54) is 21.7 Å². The summed E-state index contributed by atoms with van der Waals surface area (Å²) in [5.74, 6) is -0.832. The van der Waals surface area contributed by atoms with Gasteiger partial charge in [-0.05, 0) is 43.2 Å². The number of aromatic nitrogens is 2. The molecule has 0 atom stereocenters. The Hall–Kier alpha value is -3.23. The van der Waals surface area contributed by atoms with Gasteiger partial charge in [0.2, 0.25) is 0 Å². The van der Waals surface area contributed by atoms with Crippen LogP contribution in [0.2, 0.25) is 0 Å². The minimum absolute atomic E-state index is 0.169. The van der Waals surface area contributed by atoms with Crippen molar-refractivity contribution in [1.82, 2.24) is 19.6 Å². The summed E-state index contributed by atoms with van der Waals surface area (Å²) in [6, 6.07) is 7.37. The lowest BCUT2D eigenvalue weighted by Gasteiger charge is -2.34. The number of hydrogen-bond acceptors (Lipinski definition) is 5. The van der Waals surface area contributed by atoms with Crippen LogP contribution in [-0.2, 0) is 16.6 Å². The van der Waals surface area contributed by atoms with Gasteiger partial charge in [0.05, 0.1) is 5.69 Å². The summed E-state index contributed by atoms with van der Waals surface area (Å²) in [6.07, 6.45) is 0.412. The molecule has 3 heterocycles. The van der Waals surface area contributed by atoms with Crippen LogP contribution in [-0.4, -0.2) is 63.2 Å². The molecule has 1 aromatic carbocycles. The SMILES string of the molecule is Cn1nc(-c2ccc(F)cc2)cc1C(=O)N1CCC(N2C(=O)COC2=O)CC1. The maximum atomic E-state index is 13.1. The normalized spacial score (nSPS) is 17.9. The molecule has 0 unspecified atom stereocenters. The number of piperidine rings is 1. The number of hydrogen-bond donors (Lipinski definition) is 0. The number of likely N-dealkylation sites (tertiary alicyclic amines) is 1. The van der Waals surface area contributed by atoms with Crippen LogP contribution in [0.25, 0.3) is 11.3 Å². The second kappa shape index (κ2) is 7.06. The predicted molar refractivity (Wildman–Crippen MR) is 95.7 cm³/mol. The van der Waals surface area contributed by atoms with Crippen LogP contribution >= 0.6 is 0 Å². The number of imide groups is 1. The average Bonchev–Trinajstić information content (AvgIpc) is 3.24. The monoisotopic (exact) mass is 386 g/mol. The molecular weight excluding hydrogens is 367 g/mol. The van der Waals surface area contributed by atoms with Crippen LogP contribution in [0.1, 0.15) is 23.3 Å². The fourth-order valence-corrected chi connectivity index (χ4v) is 3.64. The van der Waals surface area contributed by atoms with E-state index < -0.39 is 6.09 Å². The number of amides is 3. The van der Waals surface area contributed by atoms with E-state index in [1.807, 2.05) is 0 Å². The van der Waals surface area contributed by atoms with Crippen LogP contribution < -0.4 is 0 Å². The molecule has 2 aliphatic rings. The number of halogens is 1. The molecule has 0 radical (unpaired) electrons. The number of nitrogens with zero attached hydrogens (tertiary/aromatic N) is 4. The Morgan fingerprint density at radius 1 is 1.18 bits per heavy atom. The summed E-state index contributed by atoms with van der Waals surface area (Å²) in [7, 11) is 1.69. The molecule has 4 rings (SSSR count). The first-order valence-corrected chi connectivity index (χ1v) is 9.02. The average molecular weight is 386 g/mol. The first kappa shape index (κ1) is 18.1. The van der Waals surface area contributed by atoms with Gasteiger partial charge in [0, 0.05) is 31.7 Å². The molecule has 0 aliphatic carbocycles. The van der Waals surface area contributed by atoms with Crippen molar-refractivity contribution in [3.63, 3.8) is 0 Å². The number of benzene rings is 1. The molecule has 0 N–H and O–H groups in total. The fourth-order valence-electron chi connectivity index (χ4n) is 3.64. The molecule has 2 aliphatic heterocycles. The number of cyclic esters (lactones) is 1. The molecule has 0 spiro atoms. The zero-order valence-electron chi connectivity index (χ0n) is 15.3. The molecule has 0 bridgehead atoms. The van der Waals surface area contributed by atoms with Crippen molar-refractivity contribution in [2.24, 2.45) is 7.05 Å². The molecule has 9 heteroatoms. The van der Waals surface area contributed by atoms with Gasteiger partial charge in [0.25, 0.3) is 11.8 Å². The number of carbonyl (C=O) groups is 3. The Labute approximate surface area is 160 Å². The number of carbonyl (C=O) groups excluding carboxylic acids is 3. The lowest BCUT2D eigenvalue weighted by molar-refractivity contribution is -0.127. The predicted octanol–water partition coefficient (Wildman–Crippen LogP) is 1.81.